The van der Waals surface area contributed by atoms with Crippen molar-refractivity contribution < 1.29 is 0 Å². The summed E-state index contributed by atoms with van der Waals surface area (Å²) >= 11 is 0. The maximum Gasteiger partial charge on any atom is 0.0714 e. The lowest BCUT2D eigenvalue weighted by atomic mass is 9.67. The molecule has 0 fully saturated rings. The highest BCUT2D eigenvalue weighted by molar-refractivity contribution is 6.25. The predicted octanol–water partition coefficient (Wildman–Crippen LogP) is 12.9. The van der Waals surface area contributed by atoms with Crippen molar-refractivity contribution in [3.05, 3.63) is 216 Å². The van der Waals surface area contributed by atoms with Gasteiger partial charge in [0.05, 0.1) is 5.41 Å². The van der Waals surface area contributed by atoms with Gasteiger partial charge in [-0.15, -0.1) is 0 Å². The van der Waals surface area contributed by atoms with Gasteiger partial charge in [0.2, 0.25) is 0 Å². The van der Waals surface area contributed by atoms with E-state index in [2.05, 4.69) is 199 Å². The second kappa shape index (κ2) is 11.3. The van der Waals surface area contributed by atoms with E-state index in [9.17, 15) is 0 Å². The molecule has 9 aromatic rings. The summed E-state index contributed by atoms with van der Waals surface area (Å²) in [6, 6.07) is 71.0. The number of fused-ring (bicyclic) bond motifs is 9. The largest absolute Gasteiger partial charge is 0.356 e. The summed E-state index contributed by atoms with van der Waals surface area (Å²) in [6.07, 6.45) is 0. The maximum atomic E-state index is 3.75. The number of nitrogens with one attached hydrogen (secondary N) is 1. The highest BCUT2D eigenvalue weighted by Gasteiger charge is 2.46. The van der Waals surface area contributed by atoms with Gasteiger partial charge >= 0.3 is 0 Å². The third-order valence-electron chi connectivity index (χ3n) is 10.7. The molecule has 0 atom stereocenters. The summed E-state index contributed by atoms with van der Waals surface area (Å²) in [5.41, 5.74) is 11.9. The van der Waals surface area contributed by atoms with Crippen molar-refractivity contribution in [1.29, 1.82) is 0 Å². The molecule has 0 aliphatic heterocycles. The molecule has 1 aliphatic carbocycles. The molecule has 234 valence electrons. The predicted molar refractivity (Wildman–Crippen MR) is 211 cm³/mol. The Morgan fingerprint density at radius 1 is 0.300 bits per heavy atom. The fourth-order valence-corrected chi connectivity index (χ4v) is 8.52. The van der Waals surface area contributed by atoms with Crippen molar-refractivity contribution >= 4 is 43.7 Å². The molecule has 1 N–H and O–H groups in total. The molecule has 0 bridgehead atoms. The van der Waals surface area contributed by atoms with E-state index in [1.807, 2.05) is 0 Å². The molecule has 0 radical (unpaired) electrons. The molecule has 10 rings (SSSR count). The summed E-state index contributed by atoms with van der Waals surface area (Å²) in [5, 5.41) is 11.5. The monoisotopic (exact) mass is 635 g/mol. The van der Waals surface area contributed by atoms with Gasteiger partial charge in [-0.2, -0.15) is 0 Å². The fourth-order valence-electron chi connectivity index (χ4n) is 8.52. The summed E-state index contributed by atoms with van der Waals surface area (Å²) in [7, 11) is 0. The highest BCUT2D eigenvalue weighted by Crippen LogP contribution is 2.56. The average molecular weight is 636 g/mol. The molecule has 1 heteroatoms. The van der Waals surface area contributed by atoms with E-state index >= 15 is 0 Å². The first-order valence-electron chi connectivity index (χ1n) is 17.4. The minimum atomic E-state index is -0.415. The van der Waals surface area contributed by atoms with Crippen molar-refractivity contribution in [2.24, 2.45) is 0 Å². The van der Waals surface area contributed by atoms with Crippen LogP contribution in [0, 0.1) is 0 Å². The van der Waals surface area contributed by atoms with Crippen LogP contribution in [0.15, 0.2) is 194 Å². The molecule has 0 unspecified atom stereocenters. The third kappa shape index (κ3) is 4.27. The Bertz CT molecular complexity index is 2630. The van der Waals surface area contributed by atoms with E-state index in [0.717, 1.165) is 11.4 Å². The smallest absolute Gasteiger partial charge is 0.0714 e. The number of hydrogen-bond donors (Lipinski definition) is 1. The van der Waals surface area contributed by atoms with Crippen molar-refractivity contribution in [2.45, 2.75) is 5.41 Å². The van der Waals surface area contributed by atoms with Crippen molar-refractivity contribution in [1.82, 2.24) is 0 Å². The molecule has 1 nitrogen and oxygen atoms in total. The van der Waals surface area contributed by atoms with Crippen molar-refractivity contribution in [2.75, 3.05) is 5.32 Å². The van der Waals surface area contributed by atoms with Gasteiger partial charge in [0.1, 0.15) is 0 Å². The summed E-state index contributed by atoms with van der Waals surface area (Å²) in [4.78, 5) is 0. The summed E-state index contributed by atoms with van der Waals surface area (Å²) in [6.45, 7) is 0. The molecular formula is C49H33N. The molecule has 0 saturated carbocycles. The molecule has 0 spiro atoms. The summed E-state index contributed by atoms with van der Waals surface area (Å²) in [5.74, 6) is 0. The number of hydrogen-bond acceptors (Lipinski definition) is 1. The normalized spacial score (nSPS) is 13.0. The third-order valence-corrected chi connectivity index (χ3v) is 10.7. The molecule has 0 heterocycles. The van der Waals surface area contributed by atoms with Crippen LogP contribution in [-0.2, 0) is 5.41 Å². The second-order valence-corrected chi connectivity index (χ2v) is 13.3. The van der Waals surface area contributed by atoms with Crippen LogP contribution in [0.1, 0.15) is 22.3 Å². The zero-order valence-electron chi connectivity index (χ0n) is 27.5. The molecule has 0 amide bonds. The number of anilines is 2. The standard InChI is InChI=1S/C49H33N/c1-3-13-35(14-4-1)49(36-15-5-2-6-16-36)47-22-12-11-21-44(47)45-30-28-38(32-48(45)49)50-37-26-23-33(24-27-37)34-25-29-43-41-19-8-7-17-39(41)40-18-9-10-20-42(40)46(43)31-34/h1-32,50H. The Morgan fingerprint density at radius 2 is 0.780 bits per heavy atom. The molecule has 0 saturated heterocycles. The fraction of sp³-hybridized carbons (Fsp3) is 0.0204. The minimum absolute atomic E-state index is 0.415. The van der Waals surface area contributed by atoms with E-state index in [4.69, 9.17) is 0 Å². The Hall–Kier alpha value is -6.44. The molecule has 1 aliphatic rings. The first kappa shape index (κ1) is 28.6. The van der Waals surface area contributed by atoms with Crippen LogP contribution in [-0.4, -0.2) is 0 Å². The Kier molecular flexibility index (Phi) is 6.47. The first-order chi connectivity index (χ1) is 24.8. The second-order valence-electron chi connectivity index (χ2n) is 13.3. The lowest BCUT2D eigenvalue weighted by Crippen LogP contribution is -2.28. The van der Waals surface area contributed by atoms with E-state index in [-0.39, 0.29) is 0 Å². The van der Waals surface area contributed by atoms with Gasteiger partial charge in [0.15, 0.2) is 0 Å². The number of rotatable bonds is 5. The zero-order chi connectivity index (χ0) is 33.1. The minimum Gasteiger partial charge on any atom is -0.356 e. The van der Waals surface area contributed by atoms with E-state index in [1.54, 1.807) is 0 Å². The number of benzene rings is 9. The van der Waals surface area contributed by atoms with E-state index in [1.165, 1.54) is 76.8 Å². The van der Waals surface area contributed by atoms with Crippen LogP contribution in [0.3, 0.4) is 0 Å². The van der Waals surface area contributed by atoms with Gasteiger partial charge in [0, 0.05) is 11.4 Å². The maximum absolute atomic E-state index is 3.75. The van der Waals surface area contributed by atoms with Crippen LogP contribution in [0.5, 0.6) is 0 Å². The molecule has 50 heavy (non-hydrogen) atoms. The molecule has 0 aromatic heterocycles. The quantitative estimate of drug-likeness (QED) is 0.186. The molecular weight excluding hydrogens is 603 g/mol. The Balaban J connectivity index is 1.04. The van der Waals surface area contributed by atoms with Gasteiger partial charge in [-0.05, 0) is 107 Å². The van der Waals surface area contributed by atoms with Crippen LogP contribution < -0.4 is 5.32 Å². The lowest BCUT2D eigenvalue weighted by Gasteiger charge is -2.34. The zero-order valence-corrected chi connectivity index (χ0v) is 27.5. The summed E-state index contributed by atoms with van der Waals surface area (Å²) < 4.78 is 0. The Labute approximate surface area is 292 Å². The van der Waals surface area contributed by atoms with Crippen molar-refractivity contribution in [3.8, 4) is 22.3 Å². The van der Waals surface area contributed by atoms with E-state index in [0.29, 0.717) is 0 Å². The average Bonchev–Trinajstić information content (AvgIpc) is 3.49. The first-order valence-corrected chi connectivity index (χ1v) is 17.4. The van der Waals surface area contributed by atoms with Crippen LogP contribution in [0.25, 0.3) is 54.6 Å². The SMILES string of the molecule is c1ccc(C2(c3ccccc3)c3ccccc3-c3ccc(Nc4ccc(-c5ccc6c7ccccc7c7ccccc7c6c5)cc4)cc32)cc1. The van der Waals surface area contributed by atoms with Gasteiger partial charge in [-0.25, -0.2) is 0 Å². The van der Waals surface area contributed by atoms with Crippen molar-refractivity contribution in [3.63, 3.8) is 0 Å². The van der Waals surface area contributed by atoms with Crippen LogP contribution in [0.2, 0.25) is 0 Å². The van der Waals surface area contributed by atoms with Crippen LogP contribution in [0.4, 0.5) is 11.4 Å². The van der Waals surface area contributed by atoms with Gasteiger partial charge in [0.25, 0.3) is 0 Å². The van der Waals surface area contributed by atoms with Gasteiger partial charge in [-0.3, -0.25) is 0 Å². The van der Waals surface area contributed by atoms with Crippen LogP contribution >= 0.6 is 0 Å². The van der Waals surface area contributed by atoms with Gasteiger partial charge in [-0.1, -0.05) is 164 Å². The van der Waals surface area contributed by atoms with E-state index < -0.39 is 5.41 Å². The lowest BCUT2D eigenvalue weighted by molar-refractivity contribution is 0.769. The topological polar surface area (TPSA) is 12.0 Å². The highest BCUT2D eigenvalue weighted by atomic mass is 14.9. The Morgan fingerprint density at radius 3 is 1.42 bits per heavy atom. The van der Waals surface area contributed by atoms with Gasteiger partial charge < -0.3 is 5.32 Å². The molecule has 9 aromatic carbocycles.